The molecule has 1 aromatic heterocycles. The van der Waals surface area contributed by atoms with Crippen LogP contribution < -0.4 is 0 Å². The number of carbonyl (C=O) groups is 1. The Morgan fingerprint density at radius 1 is 1.25 bits per heavy atom. The van der Waals surface area contributed by atoms with E-state index in [0.29, 0.717) is 5.02 Å². The number of rotatable bonds is 2. The van der Waals surface area contributed by atoms with Gasteiger partial charge in [-0.25, -0.2) is 9.78 Å². The van der Waals surface area contributed by atoms with Crippen LogP contribution in [0.5, 0.6) is 0 Å². The van der Waals surface area contributed by atoms with Crippen molar-refractivity contribution in [3.63, 3.8) is 0 Å². The Morgan fingerprint density at radius 2 is 2.05 bits per heavy atom. The van der Waals surface area contributed by atoms with Crippen LogP contribution in [0.4, 0.5) is 0 Å². The fraction of sp³-hybridized carbons (Fsp3) is 0. The van der Waals surface area contributed by atoms with E-state index in [-0.39, 0.29) is 5.56 Å². The third-order valence-electron chi connectivity index (χ3n) is 2.98. The fourth-order valence-corrected chi connectivity index (χ4v) is 2.47. The van der Waals surface area contributed by atoms with Crippen LogP contribution in [0.1, 0.15) is 10.4 Å². The highest BCUT2D eigenvalue weighted by Gasteiger charge is 2.10. The Balaban J connectivity index is 2.22. The van der Waals surface area contributed by atoms with Crippen LogP contribution in [0.15, 0.2) is 47.2 Å². The van der Waals surface area contributed by atoms with E-state index in [2.05, 4.69) is 20.9 Å². The lowest BCUT2D eigenvalue weighted by molar-refractivity contribution is 0.0697. The number of benzene rings is 2. The number of aromatic carboxylic acids is 1. The first-order valence-electron chi connectivity index (χ1n) is 5.72. The molecule has 6 heteroatoms. The van der Waals surface area contributed by atoms with Crippen LogP contribution in [-0.2, 0) is 0 Å². The molecule has 1 N–H and O–H groups in total. The lowest BCUT2D eigenvalue weighted by atomic mass is 10.2. The van der Waals surface area contributed by atoms with Gasteiger partial charge in [0.05, 0.1) is 21.6 Å². The molecule has 4 nitrogen and oxygen atoms in total. The number of aromatic nitrogens is 2. The van der Waals surface area contributed by atoms with E-state index in [9.17, 15) is 4.79 Å². The number of fused-ring (bicyclic) bond motifs is 1. The first-order valence-corrected chi connectivity index (χ1v) is 6.89. The van der Waals surface area contributed by atoms with Crippen molar-refractivity contribution in [2.75, 3.05) is 0 Å². The van der Waals surface area contributed by atoms with Crippen LogP contribution >= 0.6 is 27.5 Å². The van der Waals surface area contributed by atoms with Gasteiger partial charge in [-0.2, -0.15) is 0 Å². The molecular weight excluding hydrogens is 344 g/mol. The summed E-state index contributed by atoms with van der Waals surface area (Å²) in [5, 5.41) is 9.68. The molecule has 3 aromatic rings. The molecule has 0 unspecified atom stereocenters. The summed E-state index contributed by atoms with van der Waals surface area (Å²) in [6.45, 7) is 0. The Bertz CT molecular complexity index is 829. The Kier molecular flexibility index (Phi) is 3.23. The third-order valence-corrected chi connectivity index (χ3v) is 4.19. The van der Waals surface area contributed by atoms with Crippen LogP contribution in [0.25, 0.3) is 16.7 Å². The van der Waals surface area contributed by atoms with Crippen molar-refractivity contribution in [3.8, 4) is 5.69 Å². The normalized spacial score (nSPS) is 10.9. The van der Waals surface area contributed by atoms with Crippen molar-refractivity contribution in [2.24, 2.45) is 0 Å². The van der Waals surface area contributed by atoms with Gasteiger partial charge in [-0.3, -0.25) is 4.57 Å². The monoisotopic (exact) mass is 350 g/mol. The molecule has 0 aliphatic rings. The summed E-state index contributed by atoms with van der Waals surface area (Å²) in [6.07, 6.45) is 1.66. The minimum Gasteiger partial charge on any atom is -0.478 e. The van der Waals surface area contributed by atoms with E-state index in [1.165, 1.54) is 0 Å². The molecule has 3 rings (SSSR count). The number of hydrogen-bond donors (Lipinski definition) is 1. The van der Waals surface area contributed by atoms with Crippen LogP contribution in [-0.4, -0.2) is 20.6 Å². The summed E-state index contributed by atoms with van der Waals surface area (Å²) in [4.78, 5) is 15.3. The minimum absolute atomic E-state index is 0.229. The highest BCUT2D eigenvalue weighted by atomic mass is 79.9. The standard InChI is InChI=1S/C14H8BrClN2O2/c15-10-6-9(2-3-11(10)16)18-7-17-12-4-1-8(14(19)20)5-13(12)18/h1-7H,(H,19,20). The highest BCUT2D eigenvalue weighted by molar-refractivity contribution is 9.10. The molecule has 100 valence electrons. The second-order valence-electron chi connectivity index (χ2n) is 4.22. The van der Waals surface area contributed by atoms with Gasteiger partial charge in [0, 0.05) is 10.2 Å². The summed E-state index contributed by atoms with van der Waals surface area (Å²) < 4.78 is 2.59. The van der Waals surface area contributed by atoms with E-state index >= 15 is 0 Å². The largest absolute Gasteiger partial charge is 0.478 e. The first kappa shape index (κ1) is 13.1. The average Bonchev–Trinajstić information content (AvgIpc) is 2.84. The van der Waals surface area contributed by atoms with Crippen LogP contribution in [0.3, 0.4) is 0 Å². The van der Waals surface area contributed by atoms with Crippen molar-refractivity contribution in [1.82, 2.24) is 9.55 Å². The molecule has 0 aliphatic carbocycles. The van der Waals surface area contributed by atoms with Crippen molar-refractivity contribution >= 4 is 44.5 Å². The van der Waals surface area contributed by atoms with Gasteiger partial charge in [0.2, 0.25) is 0 Å². The molecule has 0 fully saturated rings. The van der Waals surface area contributed by atoms with Gasteiger partial charge in [-0.1, -0.05) is 11.6 Å². The number of imidazole rings is 1. The van der Waals surface area contributed by atoms with Crippen molar-refractivity contribution in [3.05, 3.63) is 57.8 Å². The Labute approximate surface area is 127 Å². The van der Waals surface area contributed by atoms with Gasteiger partial charge >= 0.3 is 5.97 Å². The molecule has 0 radical (unpaired) electrons. The molecule has 0 aliphatic heterocycles. The van der Waals surface area contributed by atoms with Gasteiger partial charge in [0.15, 0.2) is 0 Å². The lowest BCUT2D eigenvalue weighted by Crippen LogP contribution is -1.97. The third kappa shape index (κ3) is 2.19. The number of nitrogens with zero attached hydrogens (tertiary/aromatic N) is 2. The number of carboxylic acid groups (broad SMARTS) is 1. The van der Waals surface area contributed by atoms with E-state index in [1.54, 1.807) is 30.6 Å². The number of carboxylic acids is 1. The van der Waals surface area contributed by atoms with Gasteiger partial charge in [0.1, 0.15) is 6.33 Å². The summed E-state index contributed by atoms with van der Waals surface area (Å²) in [5.41, 5.74) is 2.55. The molecule has 0 amide bonds. The van der Waals surface area contributed by atoms with E-state index in [1.807, 2.05) is 16.7 Å². The predicted octanol–water partition coefficient (Wildman–Crippen LogP) is 4.14. The number of halogens is 2. The van der Waals surface area contributed by atoms with Crippen LogP contribution in [0.2, 0.25) is 5.02 Å². The summed E-state index contributed by atoms with van der Waals surface area (Å²) >= 11 is 9.35. The fourth-order valence-electron chi connectivity index (χ4n) is 1.98. The van der Waals surface area contributed by atoms with Gasteiger partial charge < -0.3 is 5.11 Å². The van der Waals surface area contributed by atoms with Crippen molar-refractivity contribution in [2.45, 2.75) is 0 Å². The second kappa shape index (κ2) is 4.92. The SMILES string of the molecule is O=C(O)c1ccc2ncn(-c3ccc(Cl)c(Br)c3)c2c1. The zero-order valence-electron chi connectivity index (χ0n) is 10.0. The smallest absolute Gasteiger partial charge is 0.335 e. The van der Waals surface area contributed by atoms with Crippen molar-refractivity contribution in [1.29, 1.82) is 0 Å². The maximum atomic E-state index is 11.1. The van der Waals surface area contributed by atoms with Crippen LogP contribution in [0, 0.1) is 0 Å². The molecule has 2 aromatic carbocycles. The maximum absolute atomic E-state index is 11.1. The van der Waals surface area contributed by atoms with Gasteiger partial charge in [-0.15, -0.1) is 0 Å². The second-order valence-corrected chi connectivity index (χ2v) is 5.48. The Hall–Kier alpha value is -1.85. The molecule has 1 heterocycles. The van der Waals surface area contributed by atoms with E-state index < -0.39 is 5.97 Å². The predicted molar refractivity (Wildman–Crippen MR) is 80.7 cm³/mol. The quantitative estimate of drug-likeness (QED) is 0.755. The summed E-state index contributed by atoms with van der Waals surface area (Å²) in [5.74, 6) is -0.961. The average molecular weight is 352 g/mol. The zero-order valence-corrected chi connectivity index (χ0v) is 12.4. The maximum Gasteiger partial charge on any atom is 0.335 e. The molecule has 0 atom stereocenters. The van der Waals surface area contributed by atoms with E-state index in [0.717, 1.165) is 21.2 Å². The first-order chi connectivity index (χ1) is 9.56. The molecule has 0 bridgehead atoms. The number of hydrogen-bond acceptors (Lipinski definition) is 2. The minimum atomic E-state index is -0.961. The molecule has 0 spiro atoms. The summed E-state index contributed by atoms with van der Waals surface area (Å²) in [7, 11) is 0. The zero-order chi connectivity index (χ0) is 14.3. The molecule has 20 heavy (non-hydrogen) atoms. The summed E-state index contributed by atoms with van der Waals surface area (Å²) in [6, 6.07) is 10.3. The van der Waals surface area contributed by atoms with E-state index in [4.69, 9.17) is 16.7 Å². The van der Waals surface area contributed by atoms with Gasteiger partial charge in [-0.05, 0) is 52.3 Å². The topological polar surface area (TPSA) is 55.1 Å². The molecular formula is C14H8BrClN2O2. The molecule has 0 saturated heterocycles. The highest BCUT2D eigenvalue weighted by Crippen LogP contribution is 2.27. The Morgan fingerprint density at radius 3 is 2.75 bits per heavy atom. The van der Waals surface area contributed by atoms with Gasteiger partial charge in [0.25, 0.3) is 0 Å². The molecule has 0 saturated carbocycles. The lowest BCUT2D eigenvalue weighted by Gasteiger charge is -2.06. The van der Waals surface area contributed by atoms with Crippen molar-refractivity contribution < 1.29 is 9.90 Å².